The van der Waals surface area contributed by atoms with Gasteiger partial charge in [-0.25, -0.2) is 0 Å². The maximum Gasteiger partial charge on any atom is 0.119 e. The zero-order chi connectivity index (χ0) is 21.3. The Morgan fingerprint density at radius 2 is 1.39 bits per heavy atom. The van der Waals surface area contributed by atoms with E-state index in [9.17, 15) is 0 Å². The van der Waals surface area contributed by atoms with E-state index in [2.05, 4.69) is 91.1 Å². The van der Waals surface area contributed by atoms with Crippen LogP contribution in [0.1, 0.15) is 61.6 Å². The second kappa shape index (κ2) is 11.2. The van der Waals surface area contributed by atoms with Crippen molar-refractivity contribution in [1.29, 1.82) is 0 Å². The van der Waals surface area contributed by atoms with Gasteiger partial charge in [0.05, 0.1) is 0 Å². The van der Waals surface area contributed by atoms with Crippen molar-refractivity contribution in [3.63, 3.8) is 0 Å². The highest BCUT2D eigenvalue weighted by molar-refractivity contribution is 5.30. The van der Waals surface area contributed by atoms with Gasteiger partial charge in [0, 0.05) is 12.1 Å². The Kier molecular flexibility index (Phi) is 7.79. The van der Waals surface area contributed by atoms with Gasteiger partial charge in [-0.05, 0) is 80.2 Å². The highest BCUT2D eigenvalue weighted by Gasteiger charge is 2.23. The molecule has 1 saturated carbocycles. The summed E-state index contributed by atoms with van der Waals surface area (Å²) in [6.45, 7) is 2.96. The molecule has 1 N–H and O–H groups in total. The average Bonchev–Trinajstić information content (AvgIpc) is 2.84. The second-order valence-corrected chi connectivity index (χ2v) is 8.98. The highest BCUT2D eigenvalue weighted by Crippen LogP contribution is 2.34. The van der Waals surface area contributed by atoms with Crippen LogP contribution in [0.15, 0.2) is 84.9 Å². The zero-order valence-electron chi connectivity index (χ0n) is 18.7. The summed E-state index contributed by atoms with van der Waals surface area (Å²) in [5.41, 5.74) is 4.11. The van der Waals surface area contributed by atoms with Crippen molar-refractivity contribution >= 4 is 0 Å². The van der Waals surface area contributed by atoms with Gasteiger partial charge in [-0.2, -0.15) is 0 Å². The summed E-state index contributed by atoms with van der Waals surface area (Å²) in [6.07, 6.45) is 7.44. The van der Waals surface area contributed by atoms with Crippen molar-refractivity contribution in [3.05, 3.63) is 102 Å². The molecule has 0 spiro atoms. The molecule has 1 aliphatic rings. The third-order valence-corrected chi connectivity index (χ3v) is 6.56. The standard InChI is InChI=1S/C29H35NO/c1-23(12-13-24-8-4-2-5-9-24)30-28-18-14-26(15-19-28)27-16-20-29(21-17-27)31-22-25-10-6-3-7-11-25/h2-11,16-17,20-21,23,26,28,30H,12-15,18-19,22H2,1H3/t23?,26-,28+. The fraction of sp³-hybridized carbons (Fsp3) is 0.379. The lowest BCUT2D eigenvalue weighted by Gasteiger charge is -2.31. The van der Waals surface area contributed by atoms with Crippen LogP contribution in [0, 0.1) is 0 Å². The van der Waals surface area contributed by atoms with Crippen molar-refractivity contribution in [3.8, 4) is 5.75 Å². The molecule has 1 fully saturated rings. The molecule has 0 aromatic heterocycles. The molecule has 31 heavy (non-hydrogen) atoms. The first-order valence-electron chi connectivity index (χ1n) is 11.8. The molecule has 162 valence electrons. The Morgan fingerprint density at radius 3 is 2.03 bits per heavy atom. The van der Waals surface area contributed by atoms with Crippen molar-refractivity contribution in [2.45, 2.75) is 70.1 Å². The van der Waals surface area contributed by atoms with E-state index in [-0.39, 0.29) is 0 Å². The van der Waals surface area contributed by atoms with Crippen LogP contribution in [0.2, 0.25) is 0 Å². The third kappa shape index (κ3) is 6.70. The molecule has 0 saturated heterocycles. The number of hydrogen-bond donors (Lipinski definition) is 1. The Hall–Kier alpha value is -2.58. The highest BCUT2D eigenvalue weighted by atomic mass is 16.5. The predicted octanol–water partition coefficient (Wildman–Crippen LogP) is 6.90. The third-order valence-electron chi connectivity index (χ3n) is 6.56. The summed E-state index contributed by atoms with van der Waals surface area (Å²) in [5, 5.41) is 3.88. The largest absolute Gasteiger partial charge is 0.489 e. The fourth-order valence-corrected chi connectivity index (χ4v) is 4.68. The number of hydrogen-bond acceptors (Lipinski definition) is 2. The van der Waals surface area contributed by atoms with E-state index in [0.717, 1.165) is 12.2 Å². The van der Waals surface area contributed by atoms with E-state index in [1.54, 1.807) is 0 Å². The Labute approximate surface area is 187 Å². The van der Waals surface area contributed by atoms with Crippen LogP contribution in [-0.4, -0.2) is 12.1 Å². The van der Waals surface area contributed by atoms with Gasteiger partial charge >= 0.3 is 0 Å². The maximum absolute atomic E-state index is 5.94. The molecule has 2 nitrogen and oxygen atoms in total. The number of ether oxygens (including phenoxy) is 1. The first kappa shape index (κ1) is 21.6. The SMILES string of the molecule is CC(CCc1ccccc1)N[C@H]1CC[C@@H](c2ccc(OCc3ccccc3)cc2)CC1. The van der Waals surface area contributed by atoms with Crippen molar-refractivity contribution in [2.75, 3.05) is 0 Å². The summed E-state index contributed by atoms with van der Waals surface area (Å²) in [4.78, 5) is 0. The monoisotopic (exact) mass is 413 g/mol. The first-order valence-corrected chi connectivity index (χ1v) is 11.8. The quantitative estimate of drug-likeness (QED) is 0.412. The van der Waals surface area contributed by atoms with Gasteiger partial charge in [-0.3, -0.25) is 0 Å². The van der Waals surface area contributed by atoms with Crippen LogP contribution in [0.25, 0.3) is 0 Å². The van der Waals surface area contributed by atoms with Crippen molar-refractivity contribution in [2.24, 2.45) is 0 Å². The predicted molar refractivity (Wildman–Crippen MR) is 130 cm³/mol. The minimum Gasteiger partial charge on any atom is -0.489 e. The van der Waals surface area contributed by atoms with Crippen LogP contribution in [0.5, 0.6) is 5.75 Å². The minimum atomic E-state index is 0.572. The molecule has 0 bridgehead atoms. The van der Waals surface area contributed by atoms with Gasteiger partial charge in [0.2, 0.25) is 0 Å². The van der Waals surface area contributed by atoms with Gasteiger partial charge in [0.15, 0.2) is 0 Å². The fourth-order valence-electron chi connectivity index (χ4n) is 4.68. The number of nitrogens with one attached hydrogen (secondary N) is 1. The molecule has 3 aromatic rings. The zero-order valence-corrected chi connectivity index (χ0v) is 18.7. The number of rotatable bonds is 9. The molecular weight excluding hydrogens is 378 g/mol. The van der Waals surface area contributed by atoms with E-state index in [0.29, 0.717) is 24.6 Å². The van der Waals surface area contributed by atoms with E-state index in [4.69, 9.17) is 4.74 Å². The van der Waals surface area contributed by atoms with Gasteiger partial charge in [-0.1, -0.05) is 72.8 Å². The van der Waals surface area contributed by atoms with Crippen molar-refractivity contribution < 1.29 is 4.74 Å². The average molecular weight is 414 g/mol. The van der Waals surface area contributed by atoms with E-state index < -0.39 is 0 Å². The summed E-state index contributed by atoms with van der Waals surface area (Å²) in [7, 11) is 0. The molecule has 0 radical (unpaired) electrons. The van der Waals surface area contributed by atoms with Crippen LogP contribution >= 0.6 is 0 Å². The van der Waals surface area contributed by atoms with Crippen LogP contribution in [0.4, 0.5) is 0 Å². The Bertz CT molecular complexity index is 883. The summed E-state index contributed by atoms with van der Waals surface area (Å²) in [6, 6.07) is 31.2. The molecular formula is C29H35NO. The van der Waals surface area contributed by atoms with Gasteiger partial charge < -0.3 is 10.1 Å². The normalized spacial score (nSPS) is 19.6. The molecule has 1 unspecified atom stereocenters. The molecule has 1 aliphatic carbocycles. The van der Waals surface area contributed by atoms with Crippen LogP contribution < -0.4 is 10.1 Å². The molecule has 2 heteroatoms. The van der Waals surface area contributed by atoms with E-state index in [1.165, 1.54) is 48.8 Å². The lowest BCUT2D eigenvalue weighted by molar-refractivity contribution is 0.304. The van der Waals surface area contributed by atoms with Crippen molar-refractivity contribution in [1.82, 2.24) is 5.32 Å². The molecule has 0 heterocycles. The molecule has 4 rings (SSSR count). The van der Waals surface area contributed by atoms with Crippen LogP contribution in [-0.2, 0) is 13.0 Å². The Morgan fingerprint density at radius 1 is 0.774 bits per heavy atom. The molecule has 0 amide bonds. The van der Waals surface area contributed by atoms with E-state index in [1.807, 2.05) is 6.07 Å². The van der Waals surface area contributed by atoms with Gasteiger partial charge in [0.1, 0.15) is 12.4 Å². The molecule has 3 aromatic carbocycles. The van der Waals surface area contributed by atoms with Gasteiger partial charge in [0.25, 0.3) is 0 Å². The summed E-state index contributed by atoms with van der Waals surface area (Å²) in [5.74, 6) is 1.64. The Balaban J connectivity index is 1.18. The molecule has 1 atom stereocenters. The minimum absolute atomic E-state index is 0.572. The lowest BCUT2D eigenvalue weighted by atomic mass is 9.81. The van der Waals surface area contributed by atoms with Crippen LogP contribution in [0.3, 0.4) is 0 Å². The second-order valence-electron chi connectivity index (χ2n) is 8.98. The summed E-state index contributed by atoms with van der Waals surface area (Å²) < 4.78 is 5.94. The smallest absolute Gasteiger partial charge is 0.119 e. The van der Waals surface area contributed by atoms with E-state index >= 15 is 0 Å². The summed E-state index contributed by atoms with van der Waals surface area (Å²) >= 11 is 0. The number of benzene rings is 3. The topological polar surface area (TPSA) is 21.3 Å². The van der Waals surface area contributed by atoms with Gasteiger partial charge in [-0.15, -0.1) is 0 Å². The maximum atomic E-state index is 5.94. The molecule has 0 aliphatic heterocycles. The first-order chi connectivity index (χ1) is 15.3. The lowest BCUT2D eigenvalue weighted by Crippen LogP contribution is -2.39. The number of aryl methyl sites for hydroxylation is 1.